The number of carbonyl (C=O) groups excluding carboxylic acids is 1. The van der Waals surface area contributed by atoms with E-state index in [0.29, 0.717) is 18.1 Å². The molecule has 0 radical (unpaired) electrons. The van der Waals surface area contributed by atoms with Gasteiger partial charge in [-0.1, -0.05) is 36.4 Å². The molecule has 0 bridgehead atoms. The first kappa shape index (κ1) is 22.8. The van der Waals surface area contributed by atoms with Gasteiger partial charge in [-0.2, -0.15) is 0 Å². The molecule has 0 aliphatic rings. The minimum atomic E-state index is -0.552. The zero-order valence-corrected chi connectivity index (χ0v) is 18.9. The van der Waals surface area contributed by atoms with Crippen molar-refractivity contribution in [3.8, 4) is 11.5 Å². The van der Waals surface area contributed by atoms with Gasteiger partial charge in [-0.25, -0.2) is 0 Å². The molecule has 8 nitrogen and oxygen atoms in total. The molecule has 0 aliphatic heterocycles. The third kappa shape index (κ3) is 4.56. The molecule has 1 amide bonds. The summed E-state index contributed by atoms with van der Waals surface area (Å²) in [6.45, 7) is 2.64. The molecular formula is C26H25N3O5. The summed E-state index contributed by atoms with van der Waals surface area (Å²) in [5.74, 6) is 0.479. The number of amides is 1. The van der Waals surface area contributed by atoms with Crippen molar-refractivity contribution in [2.45, 2.75) is 12.8 Å². The monoisotopic (exact) mass is 459 g/mol. The molecule has 4 aromatic rings. The molecule has 1 atom stereocenters. The Morgan fingerprint density at radius 2 is 1.85 bits per heavy atom. The Morgan fingerprint density at radius 3 is 2.62 bits per heavy atom. The molecular weight excluding hydrogens is 434 g/mol. The fraction of sp³-hybridized carbons (Fsp3) is 0.192. The fourth-order valence-electron chi connectivity index (χ4n) is 4.08. The molecule has 8 heteroatoms. The van der Waals surface area contributed by atoms with Crippen LogP contribution in [0.25, 0.3) is 10.9 Å². The van der Waals surface area contributed by atoms with Gasteiger partial charge in [-0.3, -0.25) is 14.9 Å². The highest BCUT2D eigenvalue weighted by molar-refractivity contribution is 5.98. The van der Waals surface area contributed by atoms with Crippen LogP contribution < -0.4 is 14.8 Å². The Labute approximate surface area is 196 Å². The van der Waals surface area contributed by atoms with Crippen molar-refractivity contribution in [2.24, 2.45) is 0 Å². The Hall–Kier alpha value is -4.33. The fourth-order valence-corrected chi connectivity index (χ4v) is 4.08. The average molecular weight is 460 g/mol. The summed E-state index contributed by atoms with van der Waals surface area (Å²) in [5.41, 5.74) is 2.67. The number of benzene rings is 3. The van der Waals surface area contributed by atoms with E-state index in [0.717, 1.165) is 22.0 Å². The lowest BCUT2D eigenvalue weighted by Crippen LogP contribution is -2.29. The standard InChI is InChI=1S/C26H25N3O5/c1-3-34-24-13-12-17(14-25(24)33-2)20(21-16-27-22-10-6-4-8-18(21)22)15-28-26(30)19-9-5-7-11-23(19)29(31)32/h4-14,16,20,27H,3,15H2,1-2H3,(H,28,30). The van der Waals surface area contributed by atoms with Gasteiger partial charge >= 0.3 is 0 Å². The number of carbonyl (C=O) groups is 1. The second kappa shape index (κ2) is 10.1. The second-order valence-corrected chi connectivity index (χ2v) is 7.67. The van der Waals surface area contributed by atoms with E-state index in [4.69, 9.17) is 9.47 Å². The summed E-state index contributed by atoms with van der Waals surface area (Å²) in [5, 5.41) is 15.3. The van der Waals surface area contributed by atoms with Crippen molar-refractivity contribution < 1.29 is 19.2 Å². The normalized spacial score (nSPS) is 11.7. The number of rotatable bonds is 9. The predicted molar refractivity (Wildman–Crippen MR) is 130 cm³/mol. The first-order valence-corrected chi connectivity index (χ1v) is 10.9. The van der Waals surface area contributed by atoms with E-state index >= 15 is 0 Å². The van der Waals surface area contributed by atoms with E-state index in [2.05, 4.69) is 10.3 Å². The van der Waals surface area contributed by atoms with Crippen LogP contribution in [0.4, 0.5) is 5.69 Å². The van der Waals surface area contributed by atoms with Crippen LogP contribution in [0.3, 0.4) is 0 Å². The van der Waals surface area contributed by atoms with Crippen LogP contribution in [0.2, 0.25) is 0 Å². The molecule has 0 saturated heterocycles. The minimum Gasteiger partial charge on any atom is -0.493 e. The van der Waals surface area contributed by atoms with Gasteiger partial charge in [0.15, 0.2) is 11.5 Å². The summed E-state index contributed by atoms with van der Waals surface area (Å²) < 4.78 is 11.2. The first-order valence-electron chi connectivity index (χ1n) is 10.9. The summed E-state index contributed by atoms with van der Waals surface area (Å²) in [6.07, 6.45) is 1.93. The van der Waals surface area contributed by atoms with Crippen molar-refractivity contribution in [3.63, 3.8) is 0 Å². The SMILES string of the molecule is CCOc1ccc(C(CNC(=O)c2ccccc2[N+](=O)[O-])c2c[nH]c3ccccc23)cc1OC. The lowest BCUT2D eigenvalue weighted by molar-refractivity contribution is -0.385. The Kier molecular flexibility index (Phi) is 6.77. The number of aromatic amines is 1. The zero-order valence-electron chi connectivity index (χ0n) is 18.9. The molecule has 2 N–H and O–H groups in total. The summed E-state index contributed by atoms with van der Waals surface area (Å²) in [7, 11) is 1.58. The summed E-state index contributed by atoms with van der Waals surface area (Å²) >= 11 is 0. The number of H-pyrrole nitrogens is 1. The average Bonchev–Trinajstić information content (AvgIpc) is 3.29. The number of aromatic nitrogens is 1. The lowest BCUT2D eigenvalue weighted by atomic mass is 9.90. The number of para-hydroxylation sites is 2. The smallest absolute Gasteiger partial charge is 0.282 e. The van der Waals surface area contributed by atoms with Crippen molar-refractivity contribution >= 4 is 22.5 Å². The van der Waals surface area contributed by atoms with Crippen molar-refractivity contribution in [1.29, 1.82) is 0 Å². The second-order valence-electron chi connectivity index (χ2n) is 7.67. The van der Waals surface area contributed by atoms with Gasteiger partial charge in [-0.15, -0.1) is 0 Å². The molecule has 0 spiro atoms. The van der Waals surface area contributed by atoms with Gasteiger partial charge in [0.25, 0.3) is 11.6 Å². The highest BCUT2D eigenvalue weighted by Crippen LogP contribution is 2.36. The third-order valence-electron chi connectivity index (χ3n) is 5.70. The molecule has 0 saturated carbocycles. The van der Waals surface area contributed by atoms with Gasteiger partial charge in [0.05, 0.1) is 18.6 Å². The first-order chi connectivity index (χ1) is 16.5. The maximum atomic E-state index is 12.9. The van der Waals surface area contributed by atoms with Gasteiger partial charge in [0.2, 0.25) is 0 Å². The molecule has 174 valence electrons. The van der Waals surface area contributed by atoms with Crippen LogP contribution in [-0.4, -0.2) is 36.1 Å². The largest absolute Gasteiger partial charge is 0.493 e. The summed E-state index contributed by atoms with van der Waals surface area (Å²) in [6, 6.07) is 19.5. The Morgan fingerprint density at radius 1 is 1.09 bits per heavy atom. The number of methoxy groups -OCH3 is 1. The van der Waals surface area contributed by atoms with Crippen LogP contribution in [0.1, 0.15) is 34.3 Å². The van der Waals surface area contributed by atoms with Gasteiger partial charge in [0, 0.05) is 35.6 Å². The van der Waals surface area contributed by atoms with Crippen LogP contribution in [0, 0.1) is 10.1 Å². The molecule has 1 aromatic heterocycles. The van der Waals surface area contributed by atoms with Crippen LogP contribution >= 0.6 is 0 Å². The number of nitro benzene ring substituents is 1. The molecule has 0 fully saturated rings. The van der Waals surface area contributed by atoms with E-state index in [1.54, 1.807) is 13.2 Å². The van der Waals surface area contributed by atoms with Gasteiger partial charge in [0.1, 0.15) is 5.56 Å². The number of fused-ring (bicyclic) bond motifs is 1. The number of hydrogen-bond acceptors (Lipinski definition) is 5. The van der Waals surface area contributed by atoms with Crippen molar-refractivity contribution in [2.75, 3.05) is 20.3 Å². The molecule has 1 unspecified atom stereocenters. The number of ether oxygens (including phenoxy) is 2. The molecule has 0 aliphatic carbocycles. The van der Waals surface area contributed by atoms with Crippen molar-refractivity contribution in [1.82, 2.24) is 10.3 Å². The molecule has 1 heterocycles. The molecule has 4 rings (SSSR count). The third-order valence-corrected chi connectivity index (χ3v) is 5.70. The highest BCUT2D eigenvalue weighted by atomic mass is 16.6. The Balaban J connectivity index is 1.71. The minimum absolute atomic E-state index is 0.0226. The van der Waals surface area contributed by atoms with Crippen LogP contribution in [0.5, 0.6) is 11.5 Å². The topological polar surface area (TPSA) is 106 Å². The van der Waals surface area contributed by atoms with Crippen LogP contribution in [-0.2, 0) is 0 Å². The van der Waals surface area contributed by atoms with Crippen LogP contribution in [0.15, 0.2) is 72.9 Å². The Bertz CT molecular complexity index is 1330. The number of hydrogen-bond donors (Lipinski definition) is 2. The van der Waals surface area contributed by atoms with Gasteiger partial charge in [-0.05, 0) is 42.3 Å². The highest BCUT2D eigenvalue weighted by Gasteiger charge is 2.24. The molecule has 3 aromatic carbocycles. The maximum Gasteiger partial charge on any atom is 0.282 e. The predicted octanol–water partition coefficient (Wildman–Crippen LogP) is 5.05. The van der Waals surface area contributed by atoms with E-state index < -0.39 is 10.8 Å². The zero-order chi connectivity index (χ0) is 24.1. The number of nitrogens with one attached hydrogen (secondary N) is 2. The van der Waals surface area contributed by atoms with E-state index in [1.807, 2.05) is 55.6 Å². The maximum absolute atomic E-state index is 12.9. The van der Waals surface area contributed by atoms with E-state index in [1.165, 1.54) is 18.2 Å². The number of nitrogens with zero attached hydrogens (tertiary/aromatic N) is 1. The quantitative estimate of drug-likeness (QED) is 0.269. The molecule has 34 heavy (non-hydrogen) atoms. The van der Waals surface area contributed by atoms with Gasteiger partial charge < -0.3 is 19.8 Å². The van der Waals surface area contributed by atoms with E-state index in [-0.39, 0.29) is 23.7 Å². The lowest BCUT2D eigenvalue weighted by Gasteiger charge is -2.20. The van der Waals surface area contributed by atoms with Crippen molar-refractivity contribution in [3.05, 3.63) is 99.7 Å². The summed E-state index contributed by atoms with van der Waals surface area (Å²) in [4.78, 5) is 27.0. The van der Waals surface area contributed by atoms with E-state index in [9.17, 15) is 14.9 Å². The number of nitro groups is 1.